The average molecular weight is 226 g/mol. The highest BCUT2D eigenvalue weighted by Gasteiger charge is 2.09. The number of aryl methyl sites for hydroxylation is 1. The van der Waals surface area contributed by atoms with Crippen LogP contribution < -0.4 is 5.56 Å². The van der Waals surface area contributed by atoms with Crippen molar-refractivity contribution in [2.75, 3.05) is 0 Å². The van der Waals surface area contributed by atoms with Gasteiger partial charge in [0.05, 0.1) is 0 Å². The molecule has 0 aromatic carbocycles. The minimum Gasteiger partial charge on any atom is -0.317 e. The van der Waals surface area contributed by atoms with Gasteiger partial charge in [-0.2, -0.15) is 0 Å². The van der Waals surface area contributed by atoms with E-state index in [4.69, 9.17) is 11.6 Å². The van der Waals surface area contributed by atoms with Gasteiger partial charge in [-0.05, 0) is 18.5 Å². The lowest BCUT2D eigenvalue weighted by Crippen LogP contribution is -2.16. The van der Waals surface area contributed by atoms with Gasteiger partial charge in [0.25, 0.3) is 10.8 Å². The van der Waals surface area contributed by atoms with Crippen LogP contribution in [0.3, 0.4) is 0 Å². The average Bonchev–Trinajstić information content (AvgIpc) is 2.60. The van der Waals surface area contributed by atoms with Gasteiger partial charge in [0, 0.05) is 25.0 Å². The third-order valence-electron chi connectivity index (χ3n) is 2.13. The topological polar surface area (TPSA) is 56.4 Å². The van der Waals surface area contributed by atoms with Crippen molar-refractivity contribution in [3.8, 4) is 0 Å². The largest absolute Gasteiger partial charge is 0.317 e. The highest BCUT2D eigenvalue weighted by atomic mass is 35.5. The molecule has 78 valence electrons. The maximum atomic E-state index is 11.5. The lowest BCUT2D eigenvalue weighted by Gasteiger charge is -2.00. The van der Waals surface area contributed by atoms with E-state index in [1.807, 2.05) is 6.92 Å². The van der Waals surface area contributed by atoms with Gasteiger partial charge in [-0.1, -0.05) is 0 Å². The molecule has 2 rings (SSSR count). The summed E-state index contributed by atoms with van der Waals surface area (Å²) in [5, 5.41) is -0.724. The number of carbonyl (C=O) groups is 1. The van der Waals surface area contributed by atoms with Gasteiger partial charge in [-0.25, -0.2) is 4.98 Å². The Kier molecular flexibility index (Phi) is 2.32. The van der Waals surface area contributed by atoms with Crippen LogP contribution in [0.25, 0.3) is 5.78 Å². The first kappa shape index (κ1) is 9.92. The van der Waals surface area contributed by atoms with Crippen molar-refractivity contribution in [2.24, 2.45) is 0 Å². The summed E-state index contributed by atoms with van der Waals surface area (Å²) in [7, 11) is 0. The summed E-state index contributed by atoms with van der Waals surface area (Å²) in [6.07, 6.45) is 3.34. The fourth-order valence-electron chi connectivity index (χ4n) is 1.38. The molecular formula is C9H8ClN3O2. The highest BCUT2D eigenvalue weighted by Crippen LogP contribution is 2.03. The van der Waals surface area contributed by atoms with Crippen LogP contribution in [0.15, 0.2) is 23.3 Å². The SMILES string of the molecule is CCn1ccn2c(=O)cc(C(=O)Cl)nc12. The Hall–Kier alpha value is -1.62. The predicted octanol–water partition coefficient (Wildman–Crippen LogP) is 0.895. The van der Waals surface area contributed by atoms with Gasteiger partial charge >= 0.3 is 0 Å². The smallest absolute Gasteiger partial charge is 0.271 e. The number of carbonyl (C=O) groups excluding carboxylic acids is 1. The molecule has 0 radical (unpaired) electrons. The second-order valence-electron chi connectivity index (χ2n) is 3.01. The number of nitrogens with zero attached hydrogens (tertiary/aromatic N) is 3. The molecule has 2 heterocycles. The van der Waals surface area contributed by atoms with E-state index >= 15 is 0 Å². The Morgan fingerprint density at radius 3 is 2.87 bits per heavy atom. The summed E-state index contributed by atoms with van der Waals surface area (Å²) in [5.41, 5.74) is -0.328. The van der Waals surface area contributed by atoms with E-state index in [-0.39, 0.29) is 11.3 Å². The molecule has 0 amide bonds. The lowest BCUT2D eigenvalue weighted by atomic mass is 10.4. The number of halogens is 1. The lowest BCUT2D eigenvalue weighted by molar-refractivity contribution is 0.107. The predicted molar refractivity (Wildman–Crippen MR) is 55.3 cm³/mol. The molecular weight excluding hydrogens is 218 g/mol. The maximum absolute atomic E-state index is 11.5. The molecule has 0 aliphatic carbocycles. The standard InChI is InChI=1S/C9H8ClN3O2/c1-2-12-3-4-13-7(14)5-6(8(10)15)11-9(12)13/h3-5H,2H2,1H3. The Balaban J connectivity index is 2.83. The van der Waals surface area contributed by atoms with Crippen LogP contribution in [0.5, 0.6) is 0 Å². The number of rotatable bonds is 2. The van der Waals surface area contributed by atoms with Crippen molar-refractivity contribution in [1.82, 2.24) is 14.0 Å². The Labute approximate surface area is 89.9 Å². The molecule has 2 aromatic heterocycles. The zero-order chi connectivity index (χ0) is 11.0. The van der Waals surface area contributed by atoms with Gasteiger partial charge in [-0.15, -0.1) is 0 Å². The normalized spacial score (nSPS) is 10.8. The van der Waals surface area contributed by atoms with E-state index in [9.17, 15) is 9.59 Å². The summed E-state index contributed by atoms with van der Waals surface area (Å²) < 4.78 is 3.12. The van der Waals surface area contributed by atoms with Crippen LogP contribution in [-0.4, -0.2) is 19.2 Å². The molecule has 6 heteroatoms. The number of hydrogen-bond donors (Lipinski definition) is 0. The van der Waals surface area contributed by atoms with Crippen molar-refractivity contribution < 1.29 is 4.79 Å². The van der Waals surface area contributed by atoms with Crippen LogP contribution in [0.2, 0.25) is 0 Å². The Morgan fingerprint density at radius 2 is 2.27 bits per heavy atom. The van der Waals surface area contributed by atoms with E-state index in [0.717, 1.165) is 6.07 Å². The molecule has 5 nitrogen and oxygen atoms in total. The molecule has 0 saturated carbocycles. The van der Waals surface area contributed by atoms with Crippen LogP contribution in [0.4, 0.5) is 0 Å². The third-order valence-corrected chi connectivity index (χ3v) is 2.32. The van der Waals surface area contributed by atoms with Crippen LogP contribution >= 0.6 is 11.6 Å². The Morgan fingerprint density at radius 1 is 1.53 bits per heavy atom. The monoisotopic (exact) mass is 225 g/mol. The zero-order valence-corrected chi connectivity index (χ0v) is 8.73. The molecule has 0 bridgehead atoms. The number of imidazole rings is 1. The molecule has 0 saturated heterocycles. The Bertz CT molecular complexity index is 585. The van der Waals surface area contributed by atoms with E-state index in [0.29, 0.717) is 12.3 Å². The van der Waals surface area contributed by atoms with Gasteiger partial charge in [0.15, 0.2) is 0 Å². The summed E-state index contributed by atoms with van der Waals surface area (Å²) in [6.45, 7) is 2.59. The molecule has 0 spiro atoms. The second kappa shape index (κ2) is 3.51. The number of hydrogen-bond acceptors (Lipinski definition) is 3. The van der Waals surface area contributed by atoms with Gasteiger partial charge in [-0.3, -0.25) is 14.0 Å². The van der Waals surface area contributed by atoms with Gasteiger partial charge in [0.2, 0.25) is 5.78 Å². The molecule has 0 aliphatic rings. The zero-order valence-electron chi connectivity index (χ0n) is 7.98. The molecule has 0 fully saturated rings. The van der Waals surface area contributed by atoms with Gasteiger partial charge in [0.1, 0.15) is 5.69 Å². The van der Waals surface area contributed by atoms with Gasteiger partial charge < -0.3 is 4.57 Å². The molecule has 2 aromatic rings. The van der Waals surface area contributed by atoms with Crippen LogP contribution in [-0.2, 0) is 6.54 Å². The first-order valence-corrected chi connectivity index (χ1v) is 4.79. The first-order chi connectivity index (χ1) is 7.13. The molecule has 0 atom stereocenters. The number of fused-ring (bicyclic) bond motifs is 1. The fraction of sp³-hybridized carbons (Fsp3) is 0.222. The van der Waals surface area contributed by atoms with E-state index in [1.54, 1.807) is 17.0 Å². The second-order valence-corrected chi connectivity index (χ2v) is 3.35. The van der Waals surface area contributed by atoms with Crippen LogP contribution in [0, 0.1) is 0 Å². The van der Waals surface area contributed by atoms with Crippen molar-refractivity contribution in [1.29, 1.82) is 0 Å². The van der Waals surface area contributed by atoms with E-state index in [2.05, 4.69) is 4.98 Å². The van der Waals surface area contributed by atoms with Crippen molar-refractivity contribution in [3.05, 3.63) is 34.5 Å². The fourth-order valence-corrected chi connectivity index (χ4v) is 1.48. The van der Waals surface area contributed by atoms with Crippen molar-refractivity contribution in [3.63, 3.8) is 0 Å². The van der Waals surface area contributed by atoms with E-state index < -0.39 is 5.24 Å². The first-order valence-electron chi connectivity index (χ1n) is 4.42. The minimum absolute atomic E-state index is 0.0185. The van der Waals surface area contributed by atoms with Crippen molar-refractivity contribution >= 4 is 22.6 Å². The molecule has 0 N–H and O–H groups in total. The maximum Gasteiger partial charge on any atom is 0.271 e. The number of aromatic nitrogens is 3. The summed E-state index contributed by atoms with van der Waals surface area (Å²) in [6, 6.07) is 1.13. The van der Waals surface area contributed by atoms with Crippen LogP contribution in [0.1, 0.15) is 17.4 Å². The summed E-state index contributed by atoms with van der Waals surface area (Å²) in [5.74, 6) is 0.425. The van der Waals surface area contributed by atoms with E-state index in [1.165, 1.54) is 4.40 Å². The molecule has 0 unspecified atom stereocenters. The molecule has 15 heavy (non-hydrogen) atoms. The molecule has 0 aliphatic heterocycles. The minimum atomic E-state index is -0.724. The third kappa shape index (κ3) is 1.55. The van der Waals surface area contributed by atoms with Crippen molar-refractivity contribution in [2.45, 2.75) is 13.5 Å². The summed E-state index contributed by atoms with van der Waals surface area (Å²) in [4.78, 5) is 26.5. The quantitative estimate of drug-likeness (QED) is 0.714. The highest BCUT2D eigenvalue weighted by molar-refractivity contribution is 6.67. The summed E-state index contributed by atoms with van der Waals surface area (Å²) >= 11 is 5.28.